The van der Waals surface area contributed by atoms with Gasteiger partial charge in [-0.25, -0.2) is 9.97 Å². The molecule has 0 amide bonds. The number of aromatic nitrogens is 3. The topological polar surface area (TPSA) is 59.9 Å². The number of halogens is 3. The summed E-state index contributed by atoms with van der Waals surface area (Å²) in [5.41, 5.74) is 2.20. The Bertz CT molecular complexity index is 1470. The van der Waals surface area contributed by atoms with Crippen molar-refractivity contribution in [1.82, 2.24) is 15.0 Å². The zero-order valence-corrected chi connectivity index (χ0v) is 18.3. The van der Waals surface area contributed by atoms with Gasteiger partial charge in [0.05, 0.1) is 16.8 Å². The molecule has 8 heteroatoms. The highest BCUT2D eigenvalue weighted by molar-refractivity contribution is 5.80. The molecular weight excluding hydrogens is 453 g/mol. The third kappa shape index (κ3) is 5.22. The van der Waals surface area contributed by atoms with E-state index in [9.17, 15) is 13.2 Å². The Balaban J connectivity index is 1.46. The lowest BCUT2D eigenvalue weighted by molar-refractivity contribution is -0.137. The van der Waals surface area contributed by atoms with Crippen molar-refractivity contribution < 1.29 is 17.9 Å². The maximum atomic E-state index is 13.4. The van der Waals surface area contributed by atoms with Gasteiger partial charge in [-0.2, -0.15) is 13.2 Å². The molecule has 5 nitrogen and oxygen atoms in total. The number of anilines is 1. The molecule has 0 atom stereocenters. The first-order valence-electron chi connectivity index (χ1n) is 10.8. The van der Waals surface area contributed by atoms with Crippen LogP contribution >= 0.6 is 0 Å². The summed E-state index contributed by atoms with van der Waals surface area (Å²) in [7, 11) is 0. The average Bonchev–Trinajstić information content (AvgIpc) is 2.87. The van der Waals surface area contributed by atoms with E-state index in [1.807, 2.05) is 48.5 Å². The second-order valence-corrected chi connectivity index (χ2v) is 7.80. The summed E-state index contributed by atoms with van der Waals surface area (Å²) in [6, 6.07) is 23.9. The maximum Gasteiger partial charge on any atom is 0.416 e. The first-order valence-corrected chi connectivity index (χ1v) is 10.8. The number of nitrogens with one attached hydrogen (secondary N) is 1. The molecule has 2 heterocycles. The van der Waals surface area contributed by atoms with Crippen molar-refractivity contribution in [1.29, 1.82) is 0 Å². The summed E-state index contributed by atoms with van der Waals surface area (Å²) in [5.74, 6) is 0.801. The van der Waals surface area contributed by atoms with Crippen LogP contribution in [0.4, 0.5) is 18.9 Å². The smallest absolute Gasteiger partial charge is 0.416 e. The van der Waals surface area contributed by atoms with E-state index in [1.54, 1.807) is 24.4 Å². The van der Waals surface area contributed by atoms with Crippen LogP contribution < -0.4 is 10.1 Å². The van der Waals surface area contributed by atoms with Crippen LogP contribution in [-0.4, -0.2) is 15.0 Å². The van der Waals surface area contributed by atoms with Gasteiger partial charge < -0.3 is 10.1 Å². The third-order valence-corrected chi connectivity index (χ3v) is 5.39. The van der Waals surface area contributed by atoms with E-state index in [-0.39, 0.29) is 5.88 Å². The monoisotopic (exact) mass is 472 g/mol. The van der Waals surface area contributed by atoms with Gasteiger partial charge in [0.25, 0.3) is 0 Å². The molecule has 0 saturated carbocycles. The molecule has 0 spiro atoms. The van der Waals surface area contributed by atoms with E-state index in [2.05, 4.69) is 20.3 Å². The molecule has 35 heavy (non-hydrogen) atoms. The highest BCUT2D eigenvalue weighted by Gasteiger charge is 2.31. The highest BCUT2D eigenvalue weighted by atomic mass is 19.4. The third-order valence-electron chi connectivity index (χ3n) is 5.39. The van der Waals surface area contributed by atoms with Crippen molar-refractivity contribution in [2.75, 3.05) is 5.32 Å². The minimum Gasteiger partial charge on any atom is -0.439 e. The Morgan fingerprint density at radius 2 is 1.66 bits per heavy atom. The number of ether oxygens (including phenoxy) is 1. The minimum absolute atomic E-state index is 0.263. The Labute approximate surface area is 199 Å². The lowest BCUT2D eigenvalue weighted by atomic mass is 10.0. The summed E-state index contributed by atoms with van der Waals surface area (Å²) in [6.07, 6.45) is -1.45. The van der Waals surface area contributed by atoms with Gasteiger partial charge in [-0.15, -0.1) is 0 Å². The van der Waals surface area contributed by atoms with Crippen molar-refractivity contribution >= 4 is 16.6 Å². The summed E-state index contributed by atoms with van der Waals surface area (Å²) >= 11 is 0. The standard InChI is InChI=1S/C27H19F3N4O/c28-27(29,30)20-9-11-22(24(13-20)32-16-18-5-2-1-3-6-18)25-15-26(34-17-33-25)35-21-10-8-19-7-4-12-31-23(19)14-21/h1-15,17,32H,16H2. The van der Waals surface area contributed by atoms with Gasteiger partial charge in [-0.1, -0.05) is 42.5 Å². The maximum absolute atomic E-state index is 13.4. The lowest BCUT2D eigenvalue weighted by Gasteiger charge is -2.16. The van der Waals surface area contributed by atoms with Crippen molar-refractivity contribution in [3.63, 3.8) is 0 Å². The number of nitrogens with zero attached hydrogens (tertiary/aromatic N) is 3. The van der Waals surface area contributed by atoms with Crippen molar-refractivity contribution in [2.45, 2.75) is 12.7 Å². The normalized spacial score (nSPS) is 11.4. The van der Waals surface area contributed by atoms with Crippen LogP contribution in [0.1, 0.15) is 11.1 Å². The molecular formula is C27H19F3N4O. The molecule has 0 aliphatic rings. The summed E-state index contributed by atoms with van der Waals surface area (Å²) < 4.78 is 46.1. The van der Waals surface area contributed by atoms with Crippen LogP contribution in [0.5, 0.6) is 11.6 Å². The number of benzene rings is 3. The molecule has 2 aromatic heterocycles. The van der Waals surface area contributed by atoms with Gasteiger partial charge in [-0.3, -0.25) is 4.98 Å². The van der Waals surface area contributed by atoms with Crippen LogP contribution in [0.3, 0.4) is 0 Å². The van der Waals surface area contributed by atoms with Crippen LogP contribution in [0.15, 0.2) is 97.5 Å². The Hall–Kier alpha value is -4.46. The number of pyridine rings is 1. The Morgan fingerprint density at radius 3 is 2.49 bits per heavy atom. The van der Waals surface area contributed by atoms with Gasteiger partial charge in [-0.05, 0) is 35.9 Å². The molecule has 5 rings (SSSR count). The van der Waals surface area contributed by atoms with Gasteiger partial charge in [0.2, 0.25) is 5.88 Å². The van der Waals surface area contributed by atoms with Crippen LogP contribution in [-0.2, 0) is 12.7 Å². The molecule has 0 bridgehead atoms. The first kappa shape index (κ1) is 22.3. The molecule has 0 radical (unpaired) electrons. The fraction of sp³-hybridized carbons (Fsp3) is 0.0741. The first-order chi connectivity index (χ1) is 17.0. The van der Waals surface area contributed by atoms with E-state index in [4.69, 9.17) is 4.74 Å². The number of alkyl halides is 3. The fourth-order valence-corrected chi connectivity index (χ4v) is 3.66. The van der Waals surface area contributed by atoms with E-state index in [0.717, 1.165) is 28.6 Å². The van der Waals surface area contributed by atoms with E-state index < -0.39 is 11.7 Å². The van der Waals surface area contributed by atoms with Gasteiger partial charge >= 0.3 is 6.18 Å². The lowest BCUT2D eigenvalue weighted by Crippen LogP contribution is -2.08. The summed E-state index contributed by atoms with van der Waals surface area (Å²) in [6.45, 7) is 0.355. The van der Waals surface area contributed by atoms with Crippen LogP contribution in [0.2, 0.25) is 0 Å². The predicted molar refractivity (Wildman–Crippen MR) is 128 cm³/mol. The molecule has 0 saturated heterocycles. The zero-order chi connectivity index (χ0) is 24.3. The van der Waals surface area contributed by atoms with Crippen LogP contribution in [0.25, 0.3) is 22.2 Å². The highest BCUT2D eigenvalue weighted by Crippen LogP contribution is 2.36. The molecule has 0 unspecified atom stereocenters. The van der Waals surface area contributed by atoms with Gasteiger partial charge in [0.1, 0.15) is 12.1 Å². The number of rotatable bonds is 6. The SMILES string of the molecule is FC(F)(F)c1ccc(-c2cc(Oc3ccc4cccnc4c3)ncn2)c(NCc2ccccc2)c1. The average molecular weight is 472 g/mol. The Kier molecular flexibility index (Phi) is 6.01. The van der Waals surface area contributed by atoms with E-state index in [0.29, 0.717) is 29.2 Å². The largest absolute Gasteiger partial charge is 0.439 e. The number of hydrogen-bond acceptors (Lipinski definition) is 5. The molecule has 174 valence electrons. The molecule has 0 fully saturated rings. The quantitative estimate of drug-likeness (QED) is 0.285. The second kappa shape index (κ2) is 9.42. The van der Waals surface area contributed by atoms with E-state index in [1.165, 1.54) is 12.4 Å². The number of fused-ring (bicyclic) bond motifs is 1. The zero-order valence-electron chi connectivity index (χ0n) is 18.3. The molecule has 1 N–H and O–H groups in total. The fourth-order valence-electron chi connectivity index (χ4n) is 3.66. The second-order valence-electron chi connectivity index (χ2n) is 7.80. The molecule has 5 aromatic rings. The van der Waals surface area contributed by atoms with Crippen molar-refractivity contribution in [3.05, 3.63) is 109 Å². The van der Waals surface area contributed by atoms with Crippen molar-refractivity contribution in [2.24, 2.45) is 0 Å². The summed E-state index contributed by atoms with van der Waals surface area (Å²) in [5, 5.41) is 4.09. The van der Waals surface area contributed by atoms with Gasteiger partial charge in [0.15, 0.2) is 0 Å². The molecule has 3 aromatic carbocycles. The van der Waals surface area contributed by atoms with Gasteiger partial charge in [0, 0.05) is 41.5 Å². The molecule has 0 aliphatic heterocycles. The predicted octanol–water partition coefficient (Wildman–Crippen LogP) is 7.12. The van der Waals surface area contributed by atoms with Crippen LogP contribution in [0, 0.1) is 0 Å². The molecule has 0 aliphatic carbocycles. The minimum atomic E-state index is -4.47. The summed E-state index contributed by atoms with van der Waals surface area (Å²) in [4.78, 5) is 12.8. The Morgan fingerprint density at radius 1 is 0.800 bits per heavy atom. The van der Waals surface area contributed by atoms with E-state index >= 15 is 0 Å². The number of hydrogen-bond donors (Lipinski definition) is 1. The van der Waals surface area contributed by atoms with Crippen molar-refractivity contribution in [3.8, 4) is 22.9 Å².